The van der Waals surface area contributed by atoms with Crippen LogP contribution in [0.1, 0.15) is 61.7 Å². The van der Waals surface area contributed by atoms with Gasteiger partial charge < -0.3 is 8.83 Å². The highest BCUT2D eigenvalue weighted by molar-refractivity contribution is 6.26. The highest BCUT2D eigenvalue weighted by Crippen LogP contribution is 2.49. The first-order valence-corrected chi connectivity index (χ1v) is 31.5. The highest BCUT2D eigenvalue weighted by atomic mass is 16.3. The van der Waals surface area contributed by atoms with E-state index in [4.69, 9.17) is 44.5 Å². The Labute approximate surface area is 650 Å². The number of hydrogen-bond acceptors (Lipinski definition) is 2. The summed E-state index contributed by atoms with van der Waals surface area (Å²) in [6, 6.07) is -8.72. The van der Waals surface area contributed by atoms with Crippen LogP contribution in [0.2, 0.25) is 0 Å². The molecule has 0 atom stereocenters. The van der Waals surface area contributed by atoms with Crippen LogP contribution in [0.3, 0.4) is 0 Å². The number of benzene rings is 20. The molecule has 0 fully saturated rings. The van der Waals surface area contributed by atoms with Crippen molar-refractivity contribution in [3.05, 3.63) is 363 Å². The van der Waals surface area contributed by atoms with Gasteiger partial charge in [-0.25, -0.2) is 0 Å². The first kappa shape index (κ1) is 28.8. The Morgan fingerprint density at radius 1 is 0.186 bits per heavy atom. The minimum atomic E-state index is -1.08. The second-order valence-electron chi connectivity index (χ2n) is 23.8. The molecule has 0 N–H and O–H groups in total. The van der Waals surface area contributed by atoms with Crippen LogP contribution in [0.25, 0.3) is 218 Å². The zero-order valence-corrected chi connectivity index (χ0v) is 52.0. The molecule has 0 bridgehead atoms. The van der Waals surface area contributed by atoms with E-state index in [0.717, 1.165) is 49.2 Å². The van der Waals surface area contributed by atoms with Gasteiger partial charge in [0.05, 0.1) is 61.7 Å². The summed E-state index contributed by atoms with van der Waals surface area (Å²) in [7, 11) is 0. The molecule has 22 aromatic rings. The molecule has 0 aliphatic rings. The number of hydrogen-bond donors (Lipinski definition) is 0. The van der Waals surface area contributed by atoms with E-state index in [2.05, 4.69) is 18.2 Å². The molecule has 0 unspecified atom stereocenters. The summed E-state index contributed by atoms with van der Waals surface area (Å²) in [6.45, 7) is 0. The van der Waals surface area contributed by atoms with Gasteiger partial charge in [-0.1, -0.05) is 296 Å². The molecule has 2 aromatic heterocycles. The van der Waals surface area contributed by atoms with E-state index >= 15 is 0 Å². The van der Waals surface area contributed by atoms with Crippen LogP contribution < -0.4 is 0 Å². The fraction of sp³-hybridized carbons (Fsp3) is 0. The molecule has 22 rings (SSSR count). The van der Waals surface area contributed by atoms with Crippen molar-refractivity contribution < 1.29 is 70.5 Å². The van der Waals surface area contributed by atoms with Crippen molar-refractivity contribution in [1.82, 2.24) is 0 Å². The van der Waals surface area contributed by atoms with Crippen molar-refractivity contribution in [1.29, 1.82) is 0 Å². The lowest BCUT2D eigenvalue weighted by Crippen LogP contribution is -1.91. The van der Waals surface area contributed by atoms with Crippen molar-refractivity contribution in [2.75, 3.05) is 0 Å². The van der Waals surface area contributed by atoms with Crippen LogP contribution in [0.4, 0.5) is 0 Å². The largest absolute Gasteiger partial charge is 0.456 e. The molecule has 102 heavy (non-hydrogen) atoms. The van der Waals surface area contributed by atoms with Gasteiger partial charge in [0.15, 0.2) is 0 Å². The maximum absolute atomic E-state index is 9.99. The zero-order valence-electron chi connectivity index (χ0n) is 97.0. The van der Waals surface area contributed by atoms with Crippen molar-refractivity contribution in [2.24, 2.45) is 0 Å². The molecule has 0 amide bonds. The van der Waals surface area contributed by atoms with Gasteiger partial charge in [0.1, 0.15) is 22.3 Å². The molecule has 0 saturated carbocycles. The Morgan fingerprint density at radius 3 is 1.30 bits per heavy atom. The predicted molar refractivity (Wildman–Crippen MR) is 435 cm³/mol. The maximum Gasteiger partial charge on any atom is 0.136 e. The normalized spacial score (nSPS) is 18.1. The van der Waals surface area contributed by atoms with E-state index in [1.165, 1.54) is 0 Å². The van der Waals surface area contributed by atoms with E-state index in [0.29, 0.717) is 10.9 Å². The van der Waals surface area contributed by atoms with Gasteiger partial charge >= 0.3 is 0 Å². The molecule has 2 heteroatoms. The number of furan rings is 2. The maximum atomic E-state index is 9.99. The minimum Gasteiger partial charge on any atom is -0.456 e. The third-order valence-electron chi connectivity index (χ3n) is 18.2. The molecule has 472 valence electrons. The van der Waals surface area contributed by atoms with Crippen LogP contribution in [-0.4, -0.2) is 0 Å². The number of rotatable bonds is 6. The van der Waals surface area contributed by atoms with Gasteiger partial charge in [-0.3, -0.25) is 0 Å². The smallest absolute Gasteiger partial charge is 0.136 e. The van der Waals surface area contributed by atoms with Crippen LogP contribution in [0.5, 0.6) is 0 Å². The number of fused-ring (bicyclic) bond motifs is 18. The lowest BCUT2D eigenvalue weighted by atomic mass is 9.84. The molecule has 2 nitrogen and oxygen atoms in total. The summed E-state index contributed by atoms with van der Waals surface area (Å²) < 4.78 is 419. The van der Waals surface area contributed by atoms with Gasteiger partial charge in [0.25, 0.3) is 0 Å². The van der Waals surface area contributed by atoms with E-state index < -0.39 is 392 Å². The Kier molecular flexibility index (Phi) is 6.53. The highest BCUT2D eigenvalue weighted by Gasteiger charge is 2.22. The minimum absolute atomic E-state index is 0.0417. The standard InChI is InChI=1S/2C50H30O/c1-3-13-38-32(10-1)12-9-19-40(38)49-43-17-7-5-15-41(43)48(42-16-6-8-18-44(42)49)36-23-21-31-20-22-34(28-37(31)29-36)35-25-26-46-45(30-35)50-39-14-4-2-11-33(39)24-27-47(50)51-46;1-2-11-34-27-37(21-18-31(34)9-1)48-41-13-5-7-15-43(41)49(44-16-8-6-14-42(44)48)38-22-19-32-17-20-35(28-39(32)29-38)36-24-25-46-45(30-36)50-40-12-4-3-10-33(40)23-26-47(50)51-46/h2*1-30H/i1D,2D,3D,4D,5D,6D,7D,8D,9D,10D,11D,12D,13D,14D,15D,16D,17D,18D,19D,20D,21D,22D,23D,24D,25D,26D,27D,28D,29D,30D;1D,2D,5D,6D,7D,8D,9D,11D,13D,14D,15D,16D,18D,21D,27D. The summed E-state index contributed by atoms with van der Waals surface area (Å²) in [4.78, 5) is 0. The molecule has 20 aromatic carbocycles. The molecule has 0 aliphatic carbocycles. The quantitative estimate of drug-likeness (QED) is 0.155. The Hall–Kier alpha value is -13.4. The second kappa shape index (κ2) is 23.1. The molecular weight excluding hydrogens is 1230 g/mol. The lowest BCUT2D eigenvalue weighted by Gasteiger charge is -2.19. The van der Waals surface area contributed by atoms with Gasteiger partial charge in [-0.05, 0) is 241 Å². The van der Waals surface area contributed by atoms with Crippen molar-refractivity contribution >= 4 is 152 Å². The Bertz CT molecular complexity index is 9960. The third-order valence-corrected chi connectivity index (χ3v) is 18.2. The van der Waals surface area contributed by atoms with Gasteiger partial charge in [-0.15, -0.1) is 0 Å². The summed E-state index contributed by atoms with van der Waals surface area (Å²) in [5.41, 5.74) is -3.16. The van der Waals surface area contributed by atoms with Crippen LogP contribution >= 0.6 is 0 Å². The van der Waals surface area contributed by atoms with Crippen LogP contribution in [0, 0.1) is 0 Å². The Morgan fingerprint density at radius 2 is 0.618 bits per heavy atom. The summed E-state index contributed by atoms with van der Waals surface area (Å²) in [6.07, 6.45) is 0. The molecule has 0 spiro atoms. The second-order valence-corrected chi connectivity index (χ2v) is 23.8. The summed E-state index contributed by atoms with van der Waals surface area (Å²) in [5.74, 6) is 0. The van der Waals surface area contributed by atoms with Crippen molar-refractivity contribution in [3.8, 4) is 66.8 Å². The molecule has 0 saturated heterocycles. The molecular formula is C100H60O2. The first-order valence-electron chi connectivity index (χ1n) is 54.0. The van der Waals surface area contributed by atoms with Gasteiger partial charge in [-0.2, -0.15) is 0 Å². The van der Waals surface area contributed by atoms with Crippen LogP contribution in [-0.2, 0) is 0 Å². The third kappa shape index (κ3) is 9.27. The zero-order chi connectivity index (χ0) is 106. The van der Waals surface area contributed by atoms with Gasteiger partial charge in [0.2, 0.25) is 0 Å². The fourth-order valence-electron chi connectivity index (χ4n) is 13.7. The van der Waals surface area contributed by atoms with Crippen LogP contribution in [0.15, 0.2) is 372 Å². The van der Waals surface area contributed by atoms with Crippen molar-refractivity contribution in [2.45, 2.75) is 0 Å². The summed E-state index contributed by atoms with van der Waals surface area (Å²) >= 11 is 0. The summed E-state index contributed by atoms with van der Waals surface area (Å²) in [5, 5.41) is -3.94. The molecule has 0 aliphatic heterocycles. The average Bonchev–Trinajstić information content (AvgIpc) is 0.934. The van der Waals surface area contributed by atoms with Crippen molar-refractivity contribution in [3.63, 3.8) is 0 Å². The van der Waals surface area contributed by atoms with Gasteiger partial charge in [0, 0.05) is 21.5 Å². The van der Waals surface area contributed by atoms with E-state index in [9.17, 15) is 26.0 Å². The SMILES string of the molecule is [2H]c1c(-c2c([2H])c([2H])c3c([2H])c([2H])c(-c4c5c([2H])c([2H])c([2H])c([2H])c5c(-c5c([2H])c([2H])c([2H])c6c([2H])c([2H])c([2H])c([2H])c56)c5c([2H])c([2H])c([2H])c([2H])c45)c([2H])c3c2[2H])c([2H])c2c(oc3c([2H])c([2H])c4c([2H])c([2H])c([2H])c([2H])c4c32)c1[2H].[2H]c1c([2H])c([2H])c2c([2H])c(-c3c4c([2H])c([2H])c([2H])c([2H])c4c(-c4ccc5ccc(-c6ccc7oc8ccc9ccccc9c8c7c6)cc5c4)c4c([2H])c([2H])c([2H])c([2H])c34)c([2H])c([2H])c2c1[2H]. The van der Waals surface area contributed by atoms with E-state index in [1.54, 1.807) is 12.1 Å². The first-order chi connectivity index (χ1) is 69.3. The predicted octanol–water partition coefficient (Wildman–Crippen LogP) is 28.7. The Balaban J connectivity index is 0.000000176. The monoisotopic (exact) mass is 1340 g/mol. The van der Waals surface area contributed by atoms with E-state index in [1.807, 2.05) is 60.7 Å². The lowest BCUT2D eigenvalue weighted by molar-refractivity contribution is 0.669. The fourth-order valence-corrected chi connectivity index (χ4v) is 13.7. The molecule has 2 heterocycles. The van der Waals surface area contributed by atoms with E-state index in [-0.39, 0.29) is 38.1 Å². The topological polar surface area (TPSA) is 26.3 Å². The molecule has 0 radical (unpaired) electrons. The average molecular weight is 1340 g/mol.